The summed E-state index contributed by atoms with van der Waals surface area (Å²) in [5.74, 6) is 1.57. The molecule has 1 aromatic rings. The molecule has 1 fully saturated rings. The third-order valence-electron chi connectivity index (χ3n) is 4.61. The predicted octanol–water partition coefficient (Wildman–Crippen LogP) is 1.96. The summed E-state index contributed by atoms with van der Waals surface area (Å²) in [6.45, 7) is 3.29. The molecular weight excluding hydrogens is 280 g/mol. The highest BCUT2D eigenvalue weighted by molar-refractivity contribution is 7.80. The normalized spacial score (nSPS) is 22.0. The molecule has 21 heavy (non-hydrogen) atoms. The van der Waals surface area contributed by atoms with Crippen molar-refractivity contribution in [2.24, 2.45) is 11.7 Å². The number of anilines is 1. The number of hydrogen-bond acceptors (Lipinski definition) is 4. The molecule has 2 aliphatic rings. The average Bonchev–Trinajstić information content (AvgIpc) is 2.89. The summed E-state index contributed by atoms with van der Waals surface area (Å²) in [5.41, 5.74) is 9.37. The number of nitrogens with zero attached hydrogens (tertiary/aromatic N) is 2. The molecule has 1 atom stereocenters. The van der Waals surface area contributed by atoms with E-state index in [1.807, 2.05) is 0 Å². The van der Waals surface area contributed by atoms with E-state index in [4.69, 9.17) is 22.9 Å². The van der Waals surface area contributed by atoms with E-state index in [9.17, 15) is 0 Å². The zero-order valence-corrected chi connectivity index (χ0v) is 13.5. The maximum atomic E-state index is 5.90. The monoisotopic (exact) mass is 304 g/mol. The molecule has 0 amide bonds. The molecule has 0 aromatic carbocycles. The molecule has 5 heteroatoms. The second kappa shape index (κ2) is 6.28. The Kier molecular flexibility index (Phi) is 4.40. The Hall–Kier alpha value is -1.20. The minimum atomic E-state index is 0.446. The van der Waals surface area contributed by atoms with Crippen molar-refractivity contribution in [3.63, 3.8) is 0 Å². The minimum absolute atomic E-state index is 0.446. The first-order valence-electron chi connectivity index (χ1n) is 7.88. The Morgan fingerprint density at radius 3 is 3.00 bits per heavy atom. The Morgan fingerprint density at radius 1 is 1.48 bits per heavy atom. The highest BCUT2D eigenvalue weighted by Crippen LogP contribution is 2.25. The molecule has 0 spiro atoms. The van der Waals surface area contributed by atoms with Crippen LogP contribution in [-0.4, -0.2) is 41.6 Å². The van der Waals surface area contributed by atoms with E-state index in [-0.39, 0.29) is 0 Å². The van der Waals surface area contributed by atoms with Gasteiger partial charge in [0.05, 0.1) is 5.56 Å². The van der Waals surface area contributed by atoms with Gasteiger partial charge in [-0.3, -0.25) is 0 Å². The number of fused-ring (bicyclic) bond motifs is 1. The molecule has 1 aliphatic carbocycles. The van der Waals surface area contributed by atoms with Crippen LogP contribution in [0.4, 0.5) is 5.82 Å². The molecule has 1 aromatic heterocycles. The first kappa shape index (κ1) is 14.7. The van der Waals surface area contributed by atoms with Gasteiger partial charge in [0.2, 0.25) is 0 Å². The number of nitrogens with one attached hydrogen (secondary N) is 1. The summed E-state index contributed by atoms with van der Waals surface area (Å²) in [5, 5.41) is 3.50. The molecule has 114 valence electrons. The molecule has 0 radical (unpaired) electrons. The van der Waals surface area contributed by atoms with Crippen LogP contribution in [0.5, 0.6) is 0 Å². The number of nitrogens with two attached hydrogens (primary N) is 1. The summed E-state index contributed by atoms with van der Waals surface area (Å²) in [6.07, 6.45) is 5.90. The fourth-order valence-corrected chi connectivity index (χ4v) is 3.55. The van der Waals surface area contributed by atoms with Gasteiger partial charge in [-0.25, -0.2) is 4.98 Å². The Morgan fingerprint density at radius 2 is 2.29 bits per heavy atom. The van der Waals surface area contributed by atoms with Crippen LogP contribution in [0, 0.1) is 5.92 Å². The molecule has 4 nitrogen and oxygen atoms in total. The largest absolute Gasteiger partial charge is 0.389 e. The molecule has 3 rings (SSSR count). The lowest BCUT2D eigenvalue weighted by molar-refractivity contribution is 0.399. The summed E-state index contributed by atoms with van der Waals surface area (Å²) in [4.78, 5) is 7.64. The first-order chi connectivity index (χ1) is 10.1. The number of hydrogen-bond donors (Lipinski definition) is 2. The third kappa shape index (κ3) is 3.35. The summed E-state index contributed by atoms with van der Waals surface area (Å²) >= 11 is 5.21. The van der Waals surface area contributed by atoms with Gasteiger partial charge >= 0.3 is 0 Å². The van der Waals surface area contributed by atoms with Gasteiger partial charge in [-0.2, -0.15) is 0 Å². The molecule has 0 bridgehead atoms. The zero-order valence-electron chi connectivity index (χ0n) is 12.7. The minimum Gasteiger partial charge on any atom is -0.389 e. The van der Waals surface area contributed by atoms with Gasteiger partial charge in [-0.1, -0.05) is 12.2 Å². The van der Waals surface area contributed by atoms with Gasteiger partial charge in [-0.05, 0) is 63.2 Å². The molecule has 1 saturated heterocycles. The van der Waals surface area contributed by atoms with Crippen LogP contribution in [0.15, 0.2) is 6.07 Å². The fourth-order valence-electron chi connectivity index (χ4n) is 3.39. The highest BCUT2D eigenvalue weighted by Gasteiger charge is 2.21. The van der Waals surface area contributed by atoms with E-state index in [0.29, 0.717) is 10.9 Å². The van der Waals surface area contributed by atoms with E-state index in [1.54, 1.807) is 0 Å². The Labute approximate surface area is 132 Å². The zero-order chi connectivity index (χ0) is 14.8. The van der Waals surface area contributed by atoms with Crippen molar-refractivity contribution in [3.8, 4) is 0 Å². The van der Waals surface area contributed by atoms with Gasteiger partial charge < -0.3 is 16.0 Å². The Balaban J connectivity index is 1.77. The van der Waals surface area contributed by atoms with E-state index in [1.165, 1.54) is 37.1 Å². The van der Waals surface area contributed by atoms with Crippen LogP contribution >= 0.6 is 12.2 Å². The summed E-state index contributed by atoms with van der Waals surface area (Å²) < 4.78 is 0. The number of rotatable bonds is 4. The smallest absolute Gasteiger partial charge is 0.136 e. The van der Waals surface area contributed by atoms with Crippen LogP contribution in [0.2, 0.25) is 0 Å². The Bertz CT molecular complexity index is 543. The van der Waals surface area contributed by atoms with E-state index < -0.39 is 0 Å². The highest BCUT2D eigenvalue weighted by atomic mass is 32.1. The van der Waals surface area contributed by atoms with Gasteiger partial charge in [0.15, 0.2) is 0 Å². The van der Waals surface area contributed by atoms with E-state index in [0.717, 1.165) is 37.3 Å². The van der Waals surface area contributed by atoms with Gasteiger partial charge in [0, 0.05) is 18.8 Å². The van der Waals surface area contributed by atoms with Crippen molar-refractivity contribution in [1.82, 2.24) is 9.88 Å². The molecule has 2 heterocycles. The van der Waals surface area contributed by atoms with Crippen LogP contribution < -0.4 is 11.1 Å². The maximum absolute atomic E-state index is 5.90. The van der Waals surface area contributed by atoms with Gasteiger partial charge in [-0.15, -0.1) is 0 Å². The fraction of sp³-hybridized carbons (Fsp3) is 0.625. The number of aromatic nitrogens is 1. The second-order valence-corrected chi connectivity index (χ2v) is 6.80. The van der Waals surface area contributed by atoms with Crippen molar-refractivity contribution in [2.75, 3.05) is 32.0 Å². The lowest BCUT2D eigenvalue weighted by Crippen LogP contribution is -2.22. The molecular formula is C16H24N4S. The standard InChI is InChI=1S/C16H24N4S/c1-20-7-6-11(10-20)9-18-16-13(15(17)21)8-12-4-2-3-5-14(12)19-16/h8,11H,2-7,9-10H2,1H3,(H2,17,21)(H,18,19). The maximum Gasteiger partial charge on any atom is 0.136 e. The lowest BCUT2D eigenvalue weighted by Gasteiger charge is -2.20. The van der Waals surface area contributed by atoms with Crippen LogP contribution in [0.25, 0.3) is 0 Å². The van der Waals surface area contributed by atoms with Gasteiger partial charge in [0.1, 0.15) is 10.8 Å². The topological polar surface area (TPSA) is 54.2 Å². The first-order valence-corrected chi connectivity index (χ1v) is 8.29. The SMILES string of the molecule is CN1CCC(CNc2nc3c(cc2C(N)=S)CCCC3)C1. The lowest BCUT2D eigenvalue weighted by atomic mass is 9.94. The number of pyridine rings is 1. The number of aryl methyl sites for hydroxylation is 2. The van der Waals surface area contributed by atoms with Crippen molar-refractivity contribution < 1.29 is 0 Å². The third-order valence-corrected chi connectivity index (χ3v) is 4.83. The molecule has 3 N–H and O–H groups in total. The molecule has 0 saturated carbocycles. The van der Waals surface area contributed by atoms with E-state index >= 15 is 0 Å². The molecule has 1 aliphatic heterocycles. The van der Waals surface area contributed by atoms with Crippen molar-refractivity contribution in [1.29, 1.82) is 0 Å². The predicted molar refractivity (Wildman–Crippen MR) is 90.9 cm³/mol. The quantitative estimate of drug-likeness (QED) is 0.833. The number of likely N-dealkylation sites (tertiary alicyclic amines) is 1. The summed E-state index contributed by atoms with van der Waals surface area (Å²) in [6, 6.07) is 2.16. The van der Waals surface area contributed by atoms with Crippen molar-refractivity contribution in [2.45, 2.75) is 32.1 Å². The van der Waals surface area contributed by atoms with Crippen LogP contribution in [-0.2, 0) is 12.8 Å². The average molecular weight is 304 g/mol. The molecule has 1 unspecified atom stereocenters. The van der Waals surface area contributed by atoms with E-state index in [2.05, 4.69) is 23.3 Å². The number of thiocarbonyl (C=S) groups is 1. The van der Waals surface area contributed by atoms with Crippen molar-refractivity contribution >= 4 is 23.0 Å². The van der Waals surface area contributed by atoms with Crippen LogP contribution in [0.1, 0.15) is 36.1 Å². The van der Waals surface area contributed by atoms with Crippen LogP contribution in [0.3, 0.4) is 0 Å². The second-order valence-electron chi connectivity index (χ2n) is 6.36. The summed E-state index contributed by atoms with van der Waals surface area (Å²) in [7, 11) is 2.18. The van der Waals surface area contributed by atoms with Gasteiger partial charge in [0.25, 0.3) is 0 Å². The van der Waals surface area contributed by atoms with Crippen molar-refractivity contribution in [3.05, 3.63) is 22.9 Å².